The highest BCUT2D eigenvalue weighted by Gasteiger charge is 2.49. The molecule has 2 aliphatic rings. The van der Waals surface area contributed by atoms with Crippen molar-refractivity contribution in [3.05, 3.63) is 30.3 Å². The predicted molar refractivity (Wildman–Crippen MR) is 84.6 cm³/mol. The Balaban J connectivity index is 1.61. The van der Waals surface area contributed by atoms with Gasteiger partial charge < -0.3 is 14.2 Å². The Morgan fingerprint density at radius 2 is 2.00 bits per heavy atom. The van der Waals surface area contributed by atoms with E-state index in [1.807, 2.05) is 32.0 Å². The van der Waals surface area contributed by atoms with Crippen LogP contribution in [-0.2, 0) is 19.0 Å². The quantitative estimate of drug-likeness (QED) is 0.629. The average molecular weight is 322 g/mol. The van der Waals surface area contributed by atoms with Crippen LogP contribution in [0.25, 0.3) is 0 Å². The molecule has 0 bridgehead atoms. The minimum Gasteiger partial charge on any atom is -0.459 e. The van der Waals surface area contributed by atoms with Gasteiger partial charge in [0.05, 0.1) is 12.5 Å². The van der Waals surface area contributed by atoms with Crippen LogP contribution in [0.1, 0.15) is 20.8 Å². The fourth-order valence-electron chi connectivity index (χ4n) is 2.99. The summed E-state index contributed by atoms with van der Waals surface area (Å²) in [5.74, 6) is 0.0634. The van der Waals surface area contributed by atoms with E-state index in [1.165, 1.54) is 4.90 Å². The molecule has 4 atom stereocenters. The van der Waals surface area contributed by atoms with Gasteiger partial charge in [-0.1, -0.05) is 25.1 Å². The third kappa shape index (κ3) is 3.31. The molecule has 3 rings (SSSR count). The Labute approximate surface area is 135 Å². The van der Waals surface area contributed by atoms with Crippen molar-refractivity contribution >= 4 is 17.7 Å². The second kappa shape index (κ2) is 6.22. The molecule has 120 valence electrons. The van der Waals surface area contributed by atoms with Crippen molar-refractivity contribution in [3.8, 4) is 0 Å². The molecule has 2 unspecified atom stereocenters. The molecule has 2 fully saturated rings. The van der Waals surface area contributed by atoms with E-state index in [4.69, 9.17) is 14.2 Å². The van der Waals surface area contributed by atoms with Crippen LogP contribution < -0.4 is 0 Å². The van der Waals surface area contributed by atoms with E-state index in [9.17, 15) is 4.79 Å². The topological polar surface area (TPSA) is 44.8 Å². The number of benzene rings is 1. The van der Waals surface area contributed by atoms with Crippen LogP contribution in [0, 0.1) is 11.8 Å². The van der Waals surface area contributed by atoms with Gasteiger partial charge in [-0.15, -0.1) is 11.8 Å². The van der Waals surface area contributed by atoms with Gasteiger partial charge in [0.25, 0.3) is 0 Å². The molecule has 0 amide bonds. The van der Waals surface area contributed by atoms with E-state index in [1.54, 1.807) is 11.8 Å². The number of hydrogen-bond donors (Lipinski definition) is 0. The van der Waals surface area contributed by atoms with Crippen molar-refractivity contribution in [2.75, 3.05) is 12.4 Å². The van der Waals surface area contributed by atoms with E-state index >= 15 is 0 Å². The van der Waals surface area contributed by atoms with Gasteiger partial charge in [-0.3, -0.25) is 4.79 Å². The summed E-state index contributed by atoms with van der Waals surface area (Å²) >= 11 is 1.70. The highest BCUT2D eigenvalue weighted by Crippen LogP contribution is 2.38. The van der Waals surface area contributed by atoms with Crippen molar-refractivity contribution in [1.29, 1.82) is 0 Å². The van der Waals surface area contributed by atoms with E-state index in [-0.39, 0.29) is 30.0 Å². The maximum atomic E-state index is 12.2. The van der Waals surface area contributed by atoms with Crippen molar-refractivity contribution in [2.24, 2.45) is 11.8 Å². The number of cyclic esters (lactones) is 1. The summed E-state index contributed by atoms with van der Waals surface area (Å²) in [5, 5.41) is 0. The molecule has 0 aromatic heterocycles. The highest BCUT2D eigenvalue weighted by atomic mass is 32.2. The summed E-state index contributed by atoms with van der Waals surface area (Å²) in [6, 6.07) is 10.1. The minimum absolute atomic E-state index is 0.0949. The number of hydrogen-bond acceptors (Lipinski definition) is 5. The number of ether oxygens (including phenoxy) is 3. The molecule has 0 aliphatic carbocycles. The average Bonchev–Trinajstić information content (AvgIpc) is 2.98. The monoisotopic (exact) mass is 322 g/mol. The van der Waals surface area contributed by atoms with Crippen molar-refractivity contribution in [2.45, 2.75) is 43.7 Å². The lowest BCUT2D eigenvalue weighted by molar-refractivity contribution is -0.164. The number of carbonyl (C=O) groups is 1. The Kier molecular flexibility index (Phi) is 4.48. The smallest absolute Gasteiger partial charge is 0.310 e. The summed E-state index contributed by atoms with van der Waals surface area (Å²) in [7, 11) is 0. The van der Waals surface area contributed by atoms with E-state index in [2.05, 4.69) is 19.1 Å². The second-order valence-electron chi connectivity index (χ2n) is 6.36. The van der Waals surface area contributed by atoms with Crippen LogP contribution in [-0.4, -0.2) is 36.3 Å². The summed E-state index contributed by atoms with van der Waals surface area (Å²) in [4.78, 5) is 13.4. The Bertz CT molecular complexity index is 531. The maximum absolute atomic E-state index is 12.2. The van der Waals surface area contributed by atoms with Crippen molar-refractivity contribution in [1.82, 2.24) is 0 Å². The zero-order valence-electron chi connectivity index (χ0n) is 13.2. The first kappa shape index (κ1) is 15.8. The van der Waals surface area contributed by atoms with Gasteiger partial charge in [-0.05, 0) is 26.0 Å². The van der Waals surface area contributed by atoms with Gasteiger partial charge in [-0.2, -0.15) is 0 Å². The fraction of sp³-hybridized carbons (Fsp3) is 0.588. The molecule has 5 heteroatoms. The van der Waals surface area contributed by atoms with Gasteiger partial charge in [0.1, 0.15) is 12.2 Å². The first-order chi connectivity index (χ1) is 10.5. The number of esters is 1. The summed E-state index contributed by atoms with van der Waals surface area (Å²) in [5.41, 5.74) is 0. The third-order valence-electron chi connectivity index (χ3n) is 4.28. The van der Waals surface area contributed by atoms with Crippen LogP contribution in [0.5, 0.6) is 0 Å². The van der Waals surface area contributed by atoms with E-state index in [0.717, 1.165) is 5.75 Å². The van der Waals surface area contributed by atoms with Crippen LogP contribution in [0.15, 0.2) is 35.2 Å². The molecule has 0 saturated carbocycles. The van der Waals surface area contributed by atoms with Gasteiger partial charge >= 0.3 is 5.97 Å². The lowest BCUT2D eigenvalue weighted by Crippen LogP contribution is -2.35. The molecule has 1 aromatic carbocycles. The molecule has 0 radical (unpaired) electrons. The first-order valence-corrected chi connectivity index (χ1v) is 8.65. The normalized spacial score (nSPS) is 33.9. The zero-order chi connectivity index (χ0) is 15.7. The highest BCUT2D eigenvalue weighted by molar-refractivity contribution is 7.99. The summed E-state index contributed by atoms with van der Waals surface area (Å²) < 4.78 is 17.0. The molecule has 22 heavy (non-hydrogen) atoms. The minimum atomic E-state index is -0.590. The molecular weight excluding hydrogens is 300 g/mol. The zero-order valence-corrected chi connectivity index (χ0v) is 14.0. The first-order valence-electron chi connectivity index (χ1n) is 7.66. The fourth-order valence-corrected chi connectivity index (χ4v) is 4.15. The summed E-state index contributed by atoms with van der Waals surface area (Å²) in [6.45, 7) is 6.32. The molecule has 2 aliphatic heterocycles. The van der Waals surface area contributed by atoms with Crippen LogP contribution in [0.2, 0.25) is 0 Å². The predicted octanol–water partition coefficient (Wildman–Crippen LogP) is 3.11. The van der Waals surface area contributed by atoms with E-state index in [0.29, 0.717) is 6.61 Å². The van der Waals surface area contributed by atoms with Crippen LogP contribution in [0.3, 0.4) is 0 Å². The lowest BCUT2D eigenvalue weighted by Gasteiger charge is -2.23. The molecule has 0 N–H and O–H groups in total. The van der Waals surface area contributed by atoms with Crippen LogP contribution in [0.4, 0.5) is 0 Å². The van der Waals surface area contributed by atoms with Crippen LogP contribution >= 0.6 is 11.8 Å². The van der Waals surface area contributed by atoms with Crippen molar-refractivity contribution in [3.63, 3.8) is 0 Å². The number of rotatable bonds is 4. The molecule has 2 heterocycles. The molecule has 2 saturated heterocycles. The van der Waals surface area contributed by atoms with E-state index < -0.39 is 5.79 Å². The van der Waals surface area contributed by atoms with Gasteiger partial charge in [0, 0.05) is 16.6 Å². The Hall–Kier alpha value is -1.04. The van der Waals surface area contributed by atoms with Crippen molar-refractivity contribution < 1.29 is 19.0 Å². The lowest BCUT2D eigenvalue weighted by atomic mass is 9.91. The number of carbonyl (C=O) groups excluding carboxylic acids is 1. The second-order valence-corrected chi connectivity index (χ2v) is 7.45. The van der Waals surface area contributed by atoms with Gasteiger partial charge in [-0.25, -0.2) is 0 Å². The third-order valence-corrected chi connectivity index (χ3v) is 5.41. The Morgan fingerprint density at radius 3 is 2.64 bits per heavy atom. The molecule has 4 nitrogen and oxygen atoms in total. The Morgan fingerprint density at radius 1 is 1.27 bits per heavy atom. The SMILES string of the molecule is C[C@@H]1C(CSc2ccccc2)C(=O)OC1[C@H]1COC(C)(C)O1. The van der Waals surface area contributed by atoms with Gasteiger partial charge in [0.2, 0.25) is 0 Å². The molecule has 1 aromatic rings. The standard InChI is InChI=1S/C17H22O4S/c1-11-13(10-22-12-7-5-4-6-8-12)16(18)20-15(11)14-9-19-17(2,3)21-14/h4-8,11,13-15H,9-10H2,1-3H3/t11-,13?,14-,15?/m1/s1. The van der Waals surface area contributed by atoms with Gasteiger partial charge in [0.15, 0.2) is 5.79 Å². The number of thioether (sulfide) groups is 1. The molecule has 0 spiro atoms. The maximum Gasteiger partial charge on any atom is 0.310 e. The largest absolute Gasteiger partial charge is 0.459 e. The molecular formula is C17H22O4S. The summed E-state index contributed by atoms with van der Waals surface area (Å²) in [6.07, 6.45) is -0.378.